The maximum atomic E-state index is 11.8. The quantitative estimate of drug-likeness (QED) is 0.588. The van der Waals surface area contributed by atoms with E-state index in [2.05, 4.69) is 10.5 Å². The zero-order valence-corrected chi connectivity index (χ0v) is 14.3. The van der Waals surface area contributed by atoms with E-state index in [0.29, 0.717) is 28.5 Å². The number of methoxy groups -OCH3 is 3. The molecular formula is C18H20N2O5. The van der Waals surface area contributed by atoms with E-state index in [9.17, 15) is 4.79 Å². The van der Waals surface area contributed by atoms with Crippen LogP contribution in [0, 0.1) is 0 Å². The fourth-order valence-corrected chi connectivity index (χ4v) is 2.08. The normalized spacial score (nSPS) is 10.4. The van der Waals surface area contributed by atoms with E-state index >= 15 is 0 Å². The Morgan fingerprint density at radius 2 is 1.80 bits per heavy atom. The molecule has 7 nitrogen and oxygen atoms in total. The summed E-state index contributed by atoms with van der Waals surface area (Å²) in [5, 5.41) is 6.49. The number of anilines is 1. The van der Waals surface area contributed by atoms with Gasteiger partial charge in [0.25, 0.3) is 5.91 Å². The van der Waals surface area contributed by atoms with Crippen molar-refractivity contribution in [2.24, 2.45) is 5.16 Å². The second-order valence-corrected chi connectivity index (χ2v) is 4.87. The molecule has 25 heavy (non-hydrogen) atoms. The van der Waals surface area contributed by atoms with Gasteiger partial charge >= 0.3 is 0 Å². The molecule has 1 amide bonds. The first-order valence-electron chi connectivity index (χ1n) is 7.48. The van der Waals surface area contributed by atoms with Crippen molar-refractivity contribution < 1.29 is 23.8 Å². The number of amides is 1. The van der Waals surface area contributed by atoms with Crippen LogP contribution in [-0.2, 0) is 9.63 Å². The number of nitrogens with one attached hydrogen (secondary N) is 1. The zero-order valence-electron chi connectivity index (χ0n) is 14.3. The van der Waals surface area contributed by atoms with Crippen LogP contribution in [0.1, 0.15) is 5.56 Å². The van der Waals surface area contributed by atoms with E-state index in [1.807, 2.05) is 0 Å². The highest BCUT2D eigenvalue weighted by Crippen LogP contribution is 2.29. The molecule has 0 fully saturated rings. The highest BCUT2D eigenvalue weighted by molar-refractivity contribution is 5.91. The number of ether oxygens (including phenoxy) is 3. The van der Waals surface area contributed by atoms with Gasteiger partial charge in [0.2, 0.25) is 0 Å². The maximum Gasteiger partial charge on any atom is 0.265 e. The van der Waals surface area contributed by atoms with Crippen LogP contribution in [0.25, 0.3) is 0 Å². The summed E-state index contributed by atoms with van der Waals surface area (Å²) >= 11 is 0. The van der Waals surface area contributed by atoms with Gasteiger partial charge in [0.05, 0.1) is 27.5 Å². The molecule has 0 aromatic heterocycles. The molecule has 0 atom stereocenters. The topological polar surface area (TPSA) is 78.4 Å². The SMILES string of the molecule is COc1ccc(NC(=O)CO/N=C\c2cccc(OC)c2OC)cc1. The van der Waals surface area contributed by atoms with E-state index < -0.39 is 0 Å². The summed E-state index contributed by atoms with van der Waals surface area (Å²) in [5.74, 6) is 1.52. The van der Waals surface area contributed by atoms with E-state index in [1.165, 1.54) is 6.21 Å². The van der Waals surface area contributed by atoms with Crippen molar-refractivity contribution in [3.63, 3.8) is 0 Å². The van der Waals surface area contributed by atoms with Gasteiger partial charge in [0, 0.05) is 11.3 Å². The lowest BCUT2D eigenvalue weighted by molar-refractivity contribution is -0.120. The van der Waals surface area contributed by atoms with Crippen LogP contribution in [0.15, 0.2) is 47.6 Å². The van der Waals surface area contributed by atoms with Gasteiger partial charge in [0.15, 0.2) is 18.1 Å². The Morgan fingerprint density at radius 1 is 1.04 bits per heavy atom. The molecule has 0 saturated carbocycles. The molecule has 0 unspecified atom stereocenters. The molecule has 0 spiro atoms. The third-order valence-electron chi connectivity index (χ3n) is 3.27. The van der Waals surface area contributed by atoms with Crippen LogP contribution in [-0.4, -0.2) is 40.1 Å². The molecule has 0 aliphatic rings. The van der Waals surface area contributed by atoms with Gasteiger partial charge in [-0.15, -0.1) is 0 Å². The molecule has 0 bridgehead atoms. The average Bonchev–Trinajstić information content (AvgIpc) is 2.65. The second kappa shape index (κ2) is 9.17. The third-order valence-corrected chi connectivity index (χ3v) is 3.27. The second-order valence-electron chi connectivity index (χ2n) is 4.87. The first-order valence-corrected chi connectivity index (χ1v) is 7.48. The van der Waals surface area contributed by atoms with Gasteiger partial charge in [-0.3, -0.25) is 4.79 Å². The van der Waals surface area contributed by atoms with Gasteiger partial charge in [-0.05, 0) is 36.4 Å². The van der Waals surface area contributed by atoms with Crippen LogP contribution in [0.3, 0.4) is 0 Å². The number of hydrogen-bond donors (Lipinski definition) is 1. The molecule has 1 N–H and O–H groups in total. The molecule has 2 aromatic carbocycles. The van der Waals surface area contributed by atoms with Gasteiger partial charge in [-0.1, -0.05) is 11.2 Å². The number of carbonyl (C=O) groups is 1. The van der Waals surface area contributed by atoms with Crippen LogP contribution in [0.2, 0.25) is 0 Å². The number of rotatable bonds is 8. The Bertz CT molecular complexity index is 729. The Labute approximate surface area is 146 Å². The van der Waals surface area contributed by atoms with Gasteiger partial charge in [0.1, 0.15) is 5.75 Å². The van der Waals surface area contributed by atoms with Crippen molar-refractivity contribution in [2.45, 2.75) is 0 Å². The summed E-state index contributed by atoms with van der Waals surface area (Å²) in [7, 11) is 4.67. The molecule has 0 saturated heterocycles. The Balaban J connectivity index is 1.87. The largest absolute Gasteiger partial charge is 0.497 e. The highest BCUT2D eigenvalue weighted by Gasteiger charge is 2.07. The number of carbonyl (C=O) groups excluding carboxylic acids is 1. The molecule has 0 radical (unpaired) electrons. The van der Waals surface area contributed by atoms with Crippen molar-refractivity contribution in [2.75, 3.05) is 33.3 Å². The summed E-state index contributed by atoms with van der Waals surface area (Å²) in [4.78, 5) is 16.8. The molecule has 2 aromatic rings. The fraction of sp³-hybridized carbons (Fsp3) is 0.222. The van der Waals surface area contributed by atoms with Crippen molar-refractivity contribution in [1.29, 1.82) is 0 Å². The van der Waals surface area contributed by atoms with E-state index in [1.54, 1.807) is 63.8 Å². The van der Waals surface area contributed by atoms with Gasteiger partial charge < -0.3 is 24.4 Å². The van der Waals surface area contributed by atoms with E-state index in [0.717, 1.165) is 0 Å². The summed E-state index contributed by atoms with van der Waals surface area (Å²) in [6.07, 6.45) is 1.46. The lowest BCUT2D eigenvalue weighted by Crippen LogP contribution is -2.16. The molecule has 2 rings (SSSR count). The lowest BCUT2D eigenvalue weighted by Gasteiger charge is -2.09. The minimum absolute atomic E-state index is 0.213. The fourth-order valence-electron chi connectivity index (χ4n) is 2.08. The Kier molecular flexibility index (Phi) is 6.65. The molecule has 0 aliphatic carbocycles. The predicted molar refractivity (Wildman–Crippen MR) is 94.7 cm³/mol. The van der Waals surface area contributed by atoms with Crippen molar-refractivity contribution >= 4 is 17.8 Å². The molecule has 0 heterocycles. The van der Waals surface area contributed by atoms with E-state index in [4.69, 9.17) is 19.0 Å². The molecule has 7 heteroatoms. The van der Waals surface area contributed by atoms with Crippen LogP contribution < -0.4 is 19.5 Å². The summed E-state index contributed by atoms with van der Waals surface area (Å²) < 4.78 is 15.5. The van der Waals surface area contributed by atoms with E-state index in [-0.39, 0.29) is 12.5 Å². The number of benzene rings is 2. The number of oxime groups is 1. The molecule has 132 valence electrons. The monoisotopic (exact) mass is 344 g/mol. The first-order chi connectivity index (χ1) is 12.2. The van der Waals surface area contributed by atoms with Crippen LogP contribution in [0.4, 0.5) is 5.69 Å². The Morgan fingerprint density at radius 3 is 2.44 bits per heavy atom. The summed E-state index contributed by atoms with van der Waals surface area (Å²) in [6.45, 7) is -0.213. The molecular weight excluding hydrogens is 324 g/mol. The maximum absolute atomic E-state index is 11.8. The number of para-hydroxylation sites is 1. The predicted octanol–water partition coefficient (Wildman–Crippen LogP) is 2.70. The van der Waals surface area contributed by atoms with Crippen molar-refractivity contribution in [3.05, 3.63) is 48.0 Å². The third kappa shape index (κ3) is 5.13. The number of nitrogens with zero attached hydrogens (tertiary/aromatic N) is 1. The average molecular weight is 344 g/mol. The first kappa shape index (κ1) is 18.1. The van der Waals surface area contributed by atoms with Gasteiger partial charge in [-0.25, -0.2) is 0 Å². The minimum Gasteiger partial charge on any atom is -0.497 e. The smallest absolute Gasteiger partial charge is 0.265 e. The Hall–Kier alpha value is -3.22. The highest BCUT2D eigenvalue weighted by atomic mass is 16.6. The minimum atomic E-state index is -0.320. The van der Waals surface area contributed by atoms with Gasteiger partial charge in [-0.2, -0.15) is 0 Å². The van der Waals surface area contributed by atoms with Crippen LogP contribution in [0.5, 0.6) is 17.2 Å². The van der Waals surface area contributed by atoms with Crippen molar-refractivity contribution in [3.8, 4) is 17.2 Å². The lowest BCUT2D eigenvalue weighted by atomic mass is 10.2. The van der Waals surface area contributed by atoms with Crippen molar-refractivity contribution in [1.82, 2.24) is 0 Å². The summed E-state index contributed by atoms with van der Waals surface area (Å²) in [5.41, 5.74) is 1.32. The zero-order chi connectivity index (χ0) is 18.1. The molecule has 0 aliphatic heterocycles. The standard InChI is InChI=1S/C18H20N2O5/c1-22-15-9-7-14(8-10-15)20-17(21)12-25-19-11-13-5-4-6-16(23-2)18(13)24-3/h4-11H,12H2,1-3H3,(H,20,21)/b19-11-. The summed E-state index contributed by atoms with van der Waals surface area (Å²) in [6, 6.07) is 12.4. The number of hydrogen-bond acceptors (Lipinski definition) is 6. The van der Waals surface area contributed by atoms with Crippen LogP contribution >= 0.6 is 0 Å².